The first kappa shape index (κ1) is 17.7. The van der Waals surface area contributed by atoms with Crippen LogP contribution in [0.4, 0.5) is 0 Å². The van der Waals surface area contributed by atoms with Crippen LogP contribution in [0.1, 0.15) is 48.9 Å². The third-order valence-corrected chi connectivity index (χ3v) is 4.62. The Hall–Kier alpha value is -1.68. The number of likely N-dealkylation sites (N-methyl/N-ethyl adjacent to an activating group) is 1. The van der Waals surface area contributed by atoms with Crippen molar-refractivity contribution in [3.05, 3.63) is 35.9 Å². The van der Waals surface area contributed by atoms with E-state index in [1.165, 1.54) is 6.42 Å². The van der Waals surface area contributed by atoms with Gasteiger partial charge in [0.2, 0.25) is 5.91 Å². The maximum Gasteiger partial charge on any atom is 0.222 e. The SMILES string of the molecule is CN(C)C1CCCCN(C(=O)CCCC(=O)c2ccccc2)C1. The minimum atomic E-state index is 0.125. The smallest absolute Gasteiger partial charge is 0.222 e. The summed E-state index contributed by atoms with van der Waals surface area (Å²) >= 11 is 0. The van der Waals surface area contributed by atoms with E-state index in [-0.39, 0.29) is 11.7 Å². The van der Waals surface area contributed by atoms with E-state index in [0.717, 1.165) is 31.5 Å². The number of benzene rings is 1. The van der Waals surface area contributed by atoms with Gasteiger partial charge in [-0.25, -0.2) is 0 Å². The fourth-order valence-electron chi connectivity index (χ4n) is 3.09. The Morgan fingerprint density at radius 1 is 1.13 bits per heavy atom. The van der Waals surface area contributed by atoms with Gasteiger partial charge in [-0.1, -0.05) is 36.8 Å². The molecule has 0 saturated carbocycles. The average Bonchev–Trinajstić information content (AvgIpc) is 2.81. The first-order chi connectivity index (χ1) is 11.1. The van der Waals surface area contributed by atoms with E-state index in [9.17, 15) is 9.59 Å². The molecule has 0 aromatic heterocycles. The van der Waals surface area contributed by atoms with Crippen LogP contribution in [0.2, 0.25) is 0 Å². The largest absolute Gasteiger partial charge is 0.341 e. The lowest BCUT2D eigenvalue weighted by molar-refractivity contribution is -0.131. The second-order valence-electron chi connectivity index (χ2n) is 6.60. The molecule has 1 aromatic carbocycles. The molecule has 1 aliphatic rings. The summed E-state index contributed by atoms with van der Waals surface area (Å²) in [7, 11) is 4.16. The lowest BCUT2D eigenvalue weighted by Gasteiger charge is -2.28. The minimum absolute atomic E-state index is 0.125. The average molecular weight is 316 g/mol. The van der Waals surface area contributed by atoms with Crippen molar-refractivity contribution >= 4 is 11.7 Å². The van der Waals surface area contributed by atoms with Gasteiger partial charge in [0.15, 0.2) is 5.78 Å². The van der Waals surface area contributed by atoms with E-state index in [4.69, 9.17) is 0 Å². The molecule has 0 radical (unpaired) electrons. The van der Waals surface area contributed by atoms with Gasteiger partial charge >= 0.3 is 0 Å². The number of nitrogens with zero attached hydrogens (tertiary/aromatic N) is 2. The number of hydrogen-bond donors (Lipinski definition) is 0. The molecule has 0 spiro atoms. The molecule has 4 heteroatoms. The van der Waals surface area contributed by atoms with Crippen molar-refractivity contribution in [3.8, 4) is 0 Å². The number of carbonyl (C=O) groups excluding carboxylic acids is 2. The molecular formula is C19H28N2O2. The molecule has 1 amide bonds. The van der Waals surface area contributed by atoms with Crippen molar-refractivity contribution in [2.24, 2.45) is 0 Å². The Bertz CT molecular complexity index is 513. The summed E-state index contributed by atoms with van der Waals surface area (Å²) < 4.78 is 0. The number of hydrogen-bond acceptors (Lipinski definition) is 3. The monoisotopic (exact) mass is 316 g/mol. The molecule has 1 fully saturated rings. The third kappa shape index (κ3) is 5.47. The molecule has 126 valence electrons. The number of carbonyl (C=O) groups is 2. The Balaban J connectivity index is 1.78. The van der Waals surface area contributed by atoms with Crippen LogP contribution in [0.25, 0.3) is 0 Å². The molecule has 1 saturated heterocycles. The second kappa shape index (κ2) is 8.82. The molecule has 0 aliphatic carbocycles. The molecule has 1 heterocycles. The number of Topliss-reactive ketones (excluding diaryl/α,β-unsaturated/α-hetero) is 1. The summed E-state index contributed by atoms with van der Waals surface area (Å²) in [5, 5.41) is 0. The highest BCUT2D eigenvalue weighted by molar-refractivity contribution is 5.96. The molecule has 1 unspecified atom stereocenters. The van der Waals surface area contributed by atoms with Gasteiger partial charge in [-0.3, -0.25) is 9.59 Å². The van der Waals surface area contributed by atoms with Crippen LogP contribution in [-0.4, -0.2) is 54.7 Å². The predicted molar refractivity (Wildman–Crippen MR) is 92.5 cm³/mol. The van der Waals surface area contributed by atoms with Crippen LogP contribution in [0.5, 0.6) is 0 Å². The lowest BCUT2D eigenvalue weighted by atomic mass is 10.1. The standard InChI is InChI=1S/C19H28N2O2/c1-20(2)17-11-6-7-14-21(15-17)19(23)13-8-12-18(22)16-9-4-3-5-10-16/h3-5,9-10,17H,6-8,11-15H2,1-2H3. The first-order valence-corrected chi connectivity index (χ1v) is 8.60. The third-order valence-electron chi connectivity index (χ3n) is 4.62. The summed E-state index contributed by atoms with van der Waals surface area (Å²) in [5.74, 6) is 0.319. The van der Waals surface area contributed by atoms with Crippen molar-refractivity contribution < 1.29 is 9.59 Å². The van der Waals surface area contributed by atoms with Gasteiger partial charge in [0.05, 0.1) is 0 Å². The zero-order chi connectivity index (χ0) is 16.7. The highest BCUT2D eigenvalue weighted by Gasteiger charge is 2.23. The quantitative estimate of drug-likeness (QED) is 0.758. The van der Waals surface area contributed by atoms with E-state index in [1.54, 1.807) is 0 Å². The zero-order valence-electron chi connectivity index (χ0n) is 14.3. The normalized spacial score (nSPS) is 18.7. The summed E-state index contributed by atoms with van der Waals surface area (Å²) in [6, 6.07) is 9.77. The van der Waals surface area contributed by atoms with Crippen LogP contribution in [0, 0.1) is 0 Å². The van der Waals surface area contributed by atoms with Gasteiger partial charge in [-0.2, -0.15) is 0 Å². The van der Waals surface area contributed by atoms with E-state index in [2.05, 4.69) is 19.0 Å². The molecule has 0 bridgehead atoms. The molecule has 0 N–H and O–H groups in total. The number of ketones is 1. The van der Waals surface area contributed by atoms with E-state index in [0.29, 0.717) is 25.3 Å². The van der Waals surface area contributed by atoms with Crippen LogP contribution >= 0.6 is 0 Å². The van der Waals surface area contributed by atoms with Gasteiger partial charge in [0.25, 0.3) is 0 Å². The molecule has 1 aliphatic heterocycles. The van der Waals surface area contributed by atoms with E-state index < -0.39 is 0 Å². The van der Waals surface area contributed by atoms with Crippen molar-refractivity contribution in [3.63, 3.8) is 0 Å². The van der Waals surface area contributed by atoms with Gasteiger partial charge < -0.3 is 9.80 Å². The molecular weight excluding hydrogens is 288 g/mol. The van der Waals surface area contributed by atoms with Gasteiger partial charge in [0, 0.05) is 37.5 Å². The Morgan fingerprint density at radius 3 is 2.57 bits per heavy atom. The highest BCUT2D eigenvalue weighted by atomic mass is 16.2. The van der Waals surface area contributed by atoms with Gasteiger partial charge in [-0.15, -0.1) is 0 Å². The fourth-order valence-corrected chi connectivity index (χ4v) is 3.09. The van der Waals surface area contributed by atoms with Crippen molar-refractivity contribution in [2.45, 2.75) is 44.6 Å². The lowest BCUT2D eigenvalue weighted by Crippen LogP contribution is -2.41. The van der Waals surface area contributed by atoms with Gasteiger partial charge in [-0.05, 0) is 33.4 Å². The molecule has 23 heavy (non-hydrogen) atoms. The van der Waals surface area contributed by atoms with Crippen LogP contribution < -0.4 is 0 Å². The Labute approximate surface area is 139 Å². The Morgan fingerprint density at radius 2 is 1.87 bits per heavy atom. The summed E-state index contributed by atoms with van der Waals surface area (Å²) in [4.78, 5) is 28.7. The van der Waals surface area contributed by atoms with Gasteiger partial charge in [0.1, 0.15) is 0 Å². The zero-order valence-corrected chi connectivity index (χ0v) is 14.3. The van der Waals surface area contributed by atoms with Crippen molar-refractivity contribution in [1.29, 1.82) is 0 Å². The maximum absolute atomic E-state index is 12.4. The van der Waals surface area contributed by atoms with Crippen molar-refractivity contribution in [2.75, 3.05) is 27.2 Å². The number of rotatable bonds is 6. The van der Waals surface area contributed by atoms with Crippen molar-refractivity contribution in [1.82, 2.24) is 9.80 Å². The number of likely N-dealkylation sites (tertiary alicyclic amines) is 1. The highest BCUT2D eigenvalue weighted by Crippen LogP contribution is 2.16. The maximum atomic E-state index is 12.4. The van der Waals surface area contributed by atoms with Crippen LogP contribution in [0.15, 0.2) is 30.3 Å². The minimum Gasteiger partial charge on any atom is -0.341 e. The predicted octanol–water partition coefficient (Wildman–Crippen LogP) is 2.98. The van der Waals surface area contributed by atoms with E-state index in [1.807, 2.05) is 35.2 Å². The van der Waals surface area contributed by atoms with Crippen LogP contribution in [0.3, 0.4) is 0 Å². The number of amides is 1. The molecule has 2 rings (SSSR count). The molecule has 4 nitrogen and oxygen atoms in total. The fraction of sp³-hybridized carbons (Fsp3) is 0.579. The summed E-state index contributed by atoms with van der Waals surface area (Å²) in [5.41, 5.74) is 0.738. The molecule has 1 atom stereocenters. The van der Waals surface area contributed by atoms with E-state index >= 15 is 0 Å². The summed E-state index contributed by atoms with van der Waals surface area (Å²) in [6.45, 7) is 1.67. The summed E-state index contributed by atoms with van der Waals surface area (Å²) in [6.07, 6.45) is 4.97. The topological polar surface area (TPSA) is 40.6 Å². The molecule has 1 aromatic rings. The Kier molecular flexibility index (Phi) is 6.78. The van der Waals surface area contributed by atoms with Crippen LogP contribution in [-0.2, 0) is 4.79 Å². The second-order valence-corrected chi connectivity index (χ2v) is 6.60. The first-order valence-electron chi connectivity index (χ1n) is 8.60.